The Morgan fingerprint density at radius 1 is 0.375 bits per heavy atom. The highest BCUT2D eigenvalue weighted by molar-refractivity contribution is 5.30. The quantitative estimate of drug-likeness (QED) is 0.148. The van der Waals surface area contributed by atoms with Gasteiger partial charge in [-0.05, 0) is 114 Å². The monoisotopic (exact) mass is 684 g/mol. The highest BCUT2D eigenvalue weighted by atomic mass is 19.2. The predicted octanol–water partition coefficient (Wildman–Crippen LogP) is 13.4. The Hall–Kier alpha value is -3.75. The van der Waals surface area contributed by atoms with Crippen LogP contribution in [0, 0.1) is 73.1 Å². The maximum Gasteiger partial charge on any atom is 0.194 e. The van der Waals surface area contributed by atoms with Gasteiger partial charge in [-0.3, -0.25) is 0 Å². The smallest absolute Gasteiger partial charge is 0.194 e. The van der Waals surface area contributed by atoms with Gasteiger partial charge in [0.25, 0.3) is 0 Å². The number of hydrogen-bond acceptors (Lipinski definition) is 0. The van der Waals surface area contributed by atoms with E-state index in [2.05, 4.69) is 0 Å². The molecule has 0 N–H and O–H groups in total. The normalized spacial score (nSPS) is 10.8. The minimum Gasteiger partial charge on any atom is -0.207 e. The Kier molecular flexibility index (Phi) is 16.5. The fourth-order valence-corrected chi connectivity index (χ4v) is 4.29. The summed E-state index contributed by atoms with van der Waals surface area (Å²) in [6.45, 7) is 19.5. The summed E-state index contributed by atoms with van der Waals surface area (Å²) in [4.78, 5) is 0. The van der Waals surface area contributed by atoms with Crippen LogP contribution in [0.1, 0.15) is 118 Å². The van der Waals surface area contributed by atoms with E-state index in [0.29, 0.717) is 27.8 Å². The second-order valence-electron chi connectivity index (χ2n) is 12.8. The highest BCUT2D eigenvalue weighted by Crippen LogP contribution is 2.24. The van der Waals surface area contributed by atoms with Crippen molar-refractivity contribution < 1.29 is 39.5 Å². The summed E-state index contributed by atoms with van der Waals surface area (Å²) in [6, 6.07) is 10.3. The molecule has 0 nitrogen and oxygen atoms in total. The molecule has 0 unspecified atom stereocenters. The van der Waals surface area contributed by atoms with E-state index in [0.717, 1.165) is 17.7 Å². The molecule has 0 amide bonds. The van der Waals surface area contributed by atoms with Crippen molar-refractivity contribution in [2.45, 2.75) is 99.8 Å². The SMILES string of the molecule is CC(C)c1cc(F)c(F)c(F)c1.Cc1c(F)ccc(C(C)C)c1F.Cc1cc(C(C)C)cc(F)c1F.Cc1cc(F)cc(C(C)C)c1F. The van der Waals surface area contributed by atoms with Crippen molar-refractivity contribution >= 4 is 0 Å². The minimum atomic E-state index is -1.40. The Morgan fingerprint density at radius 3 is 1.21 bits per heavy atom. The average Bonchev–Trinajstić information content (AvgIpc) is 2.99. The third-order valence-corrected chi connectivity index (χ3v) is 7.41. The van der Waals surface area contributed by atoms with Crippen molar-refractivity contribution in [3.8, 4) is 0 Å². The molecule has 0 radical (unpaired) electrons. The molecule has 0 aliphatic heterocycles. The second kappa shape index (κ2) is 18.7. The molecule has 4 aromatic rings. The molecule has 0 atom stereocenters. The molecular weight excluding hydrogens is 639 g/mol. The first-order valence-electron chi connectivity index (χ1n) is 15.6. The summed E-state index contributed by atoms with van der Waals surface area (Å²) >= 11 is 0. The maximum atomic E-state index is 13.3. The van der Waals surface area contributed by atoms with Gasteiger partial charge in [0.1, 0.15) is 23.3 Å². The molecule has 0 heterocycles. The van der Waals surface area contributed by atoms with Gasteiger partial charge in [0, 0.05) is 5.56 Å². The summed E-state index contributed by atoms with van der Waals surface area (Å²) in [5.74, 6) is -6.32. The molecule has 0 aliphatic carbocycles. The maximum absolute atomic E-state index is 13.3. The van der Waals surface area contributed by atoms with Crippen LogP contribution in [0.2, 0.25) is 0 Å². The van der Waals surface area contributed by atoms with E-state index in [9.17, 15) is 39.5 Å². The zero-order chi connectivity index (χ0) is 37.2. The van der Waals surface area contributed by atoms with Crippen LogP contribution in [0.4, 0.5) is 39.5 Å². The van der Waals surface area contributed by atoms with Gasteiger partial charge >= 0.3 is 0 Å². The Bertz CT molecular complexity index is 1550. The van der Waals surface area contributed by atoms with Crippen LogP contribution in [0.25, 0.3) is 0 Å². The average molecular weight is 685 g/mol. The molecule has 0 aliphatic rings. The zero-order valence-electron chi connectivity index (χ0n) is 29.3. The molecule has 4 rings (SSSR count). The number of benzene rings is 4. The van der Waals surface area contributed by atoms with E-state index >= 15 is 0 Å². The van der Waals surface area contributed by atoms with E-state index in [1.165, 1.54) is 37.3 Å². The Morgan fingerprint density at radius 2 is 0.792 bits per heavy atom. The topological polar surface area (TPSA) is 0 Å². The van der Waals surface area contributed by atoms with Gasteiger partial charge in [-0.15, -0.1) is 0 Å². The molecule has 0 fully saturated rings. The van der Waals surface area contributed by atoms with Gasteiger partial charge in [-0.1, -0.05) is 67.5 Å². The largest absolute Gasteiger partial charge is 0.207 e. The Labute approximate surface area is 279 Å². The number of rotatable bonds is 4. The number of aryl methyl sites for hydroxylation is 2. The fraction of sp³-hybridized carbons (Fsp3) is 0.385. The van der Waals surface area contributed by atoms with Crippen LogP contribution in [0.15, 0.2) is 48.5 Å². The van der Waals surface area contributed by atoms with Gasteiger partial charge < -0.3 is 0 Å². The lowest BCUT2D eigenvalue weighted by molar-refractivity contribution is 0.444. The first-order valence-corrected chi connectivity index (χ1v) is 15.6. The molecule has 0 saturated carbocycles. The van der Waals surface area contributed by atoms with Crippen LogP contribution in [0.5, 0.6) is 0 Å². The van der Waals surface area contributed by atoms with E-state index in [1.54, 1.807) is 33.8 Å². The number of halogens is 9. The predicted molar refractivity (Wildman–Crippen MR) is 176 cm³/mol. The molecule has 0 spiro atoms. The van der Waals surface area contributed by atoms with E-state index in [4.69, 9.17) is 0 Å². The third kappa shape index (κ3) is 12.0. The molecule has 0 bridgehead atoms. The summed E-state index contributed by atoms with van der Waals surface area (Å²) < 4.78 is 115. The lowest BCUT2D eigenvalue weighted by Crippen LogP contribution is -1.97. The van der Waals surface area contributed by atoms with Crippen LogP contribution in [-0.2, 0) is 0 Å². The fourth-order valence-electron chi connectivity index (χ4n) is 4.29. The summed E-state index contributed by atoms with van der Waals surface area (Å²) in [5.41, 5.74) is 3.19. The summed E-state index contributed by atoms with van der Waals surface area (Å²) in [6.07, 6.45) is 0. The van der Waals surface area contributed by atoms with Crippen LogP contribution < -0.4 is 0 Å². The minimum absolute atomic E-state index is 0.00500. The van der Waals surface area contributed by atoms with E-state index in [-0.39, 0.29) is 40.9 Å². The van der Waals surface area contributed by atoms with E-state index < -0.39 is 40.7 Å². The van der Waals surface area contributed by atoms with Crippen LogP contribution in [0.3, 0.4) is 0 Å². The van der Waals surface area contributed by atoms with Gasteiger partial charge in [-0.2, -0.15) is 0 Å². The van der Waals surface area contributed by atoms with Crippen LogP contribution >= 0.6 is 0 Å². The third-order valence-electron chi connectivity index (χ3n) is 7.41. The van der Waals surface area contributed by atoms with Crippen LogP contribution in [-0.4, -0.2) is 0 Å². The highest BCUT2D eigenvalue weighted by Gasteiger charge is 2.13. The van der Waals surface area contributed by atoms with Crippen molar-refractivity contribution in [3.63, 3.8) is 0 Å². The van der Waals surface area contributed by atoms with Crippen molar-refractivity contribution in [2.24, 2.45) is 0 Å². The van der Waals surface area contributed by atoms with Crippen molar-refractivity contribution in [1.29, 1.82) is 0 Å². The summed E-state index contributed by atoms with van der Waals surface area (Å²) in [7, 11) is 0. The van der Waals surface area contributed by atoms with E-state index in [1.807, 2.05) is 41.5 Å². The lowest BCUT2D eigenvalue weighted by atomic mass is 10.00. The molecule has 48 heavy (non-hydrogen) atoms. The first kappa shape index (κ1) is 42.3. The van der Waals surface area contributed by atoms with Crippen molar-refractivity contribution in [3.05, 3.63) is 140 Å². The van der Waals surface area contributed by atoms with Crippen molar-refractivity contribution in [2.75, 3.05) is 0 Å². The number of hydrogen-bond donors (Lipinski definition) is 0. The molecule has 9 heteroatoms. The Balaban J connectivity index is 0.000000320. The molecular formula is C39H45F9. The first-order chi connectivity index (χ1) is 22.1. The van der Waals surface area contributed by atoms with Gasteiger partial charge in [0.15, 0.2) is 29.1 Å². The second-order valence-corrected chi connectivity index (χ2v) is 12.8. The van der Waals surface area contributed by atoms with Crippen molar-refractivity contribution in [1.82, 2.24) is 0 Å². The molecule has 0 aromatic heterocycles. The zero-order valence-corrected chi connectivity index (χ0v) is 29.3. The van der Waals surface area contributed by atoms with Gasteiger partial charge in [0.2, 0.25) is 0 Å². The van der Waals surface area contributed by atoms with Gasteiger partial charge in [-0.25, -0.2) is 39.5 Å². The molecule has 4 aromatic carbocycles. The molecule has 0 saturated heterocycles. The standard InChI is InChI=1S/3C10H12F2.C9H9F3/c1-6(2)9-5-8(11)4-7(3)10(9)12;1-6(2)8-4-7(3)10(12)9(11)5-8;1-6(2)8-4-5-9(11)7(3)10(8)12;1-5(2)6-3-7(10)9(12)8(11)4-6/h3*4-6H,1-3H3;3-5H,1-2H3. The van der Waals surface area contributed by atoms with Gasteiger partial charge in [0.05, 0.1) is 0 Å². The summed E-state index contributed by atoms with van der Waals surface area (Å²) in [5, 5.41) is 0. The molecule has 264 valence electrons. The lowest BCUT2D eigenvalue weighted by Gasteiger charge is -2.08.